The molecule has 1 heterocycles. The van der Waals surface area contributed by atoms with Gasteiger partial charge in [0.2, 0.25) is 0 Å². The van der Waals surface area contributed by atoms with Crippen LogP contribution in [-0.4, -0.2) is 24.4 Å². The van der Waals surface area contributed by atoms with Gasteiger partial charge >= 0.3 is 0 Å². The summed E-state index contributed by atoms with van der Waals surface area (Å²) < 4.78 is 0. The number of hydrogen-bond acceptors (Lipinski definition) is 3. The molecule has 100 valence electrons. The van der Waals surface area contributed by atoms with E-state index in [1.807, 2.05) is 13.0 Å². The Labute approximate surface area is 110 Å². The van der Waals surface area contributed by atoms with Crippen molar-refractivity contribution >= 4 is 12.1 Å². The van der Waals surface area contributed by atoms with Crippen LogP contribution >= 0.6 is 0 Å². The van der Waals surface area contributed by atoms with Crippen LogP contribution in [0, 0.1) is 12.8 Å². The second-order valence-electron chi connectivity index (χ2n) is 4.75. The van der Waals surface area contributed by atoms with Crippen LogP contribution in [0.4, 0.5) is 5.82 Å². The van der Waals surface area contributed by atoms with Crippen LogP contribution < -0.4 is 4.90 Å². The van der Waals surface area contributed by atoms with Gasteiger partial charge in [-0.2, -0.15) is 0 Å². The molecule has 0 aromatic carbocycles. The normalized spacial score (nSPS) is 10.7. The fourth-order valence-corrected chi connectivity index (χ4v) is 2.21. The molecule has 0 spiro atoms. The molecule has 0 radical (unpaired) electrons. The molecule has 18 heavy (non-hydrogen) atoms. The summed E-state index contributed by atoms with van der Waals surface area (Å²) in [6.07, 6.45) is 4.89. The zero-order valence-corrected chi connectivity index (χ0v) is 11.9. The van der Waals surface area contributed by atoms with Crippen molar-refractivity contribution in [1.29, 1.82) is 0 Å². The van der Waals surface area contributed by atoms with Gasteiger partial charge < -0.3 is 4.90 Å². The van der Waals surface area contributed by atoms with E-state index in [1.54, 1.807) is 6.20 Å². The summed E-state index contributed by atoms with van der Waals surface area (Å²) in [5.41, 5.74) is 1.72. The van der Waals surface area contributed by atoms with Crippen molar-refractivity contribution in [2.24, 2.45) is 5.92 Å². The highest BCUT2D eigenvalue weighted by molar-refractivity contribution is 5.75. The number of aromatic nitrogens is 1. The Kier molecular flexibility index (Phi) is 5.83. The van der Waals surface area contributed by atoms with E-state index in [0.717, 1.165) is 30.8 Å². The molecule has 0 aliphatic carbocycles. The Morgan fingerprint density at radius 2 is 2.00 bits per heavy atom. The molecule has 3 heteroatoms. The molecule has 0 fully saturated rings. The molecule has 0 saturated carbocycles. The van der Waals surface area contributed by atoms with E-state index in [2.05, 4.69) is 30.7 Å². The molecule has 3 nitrogen and oxygen atoms in total. The molecule has 0 atom stereocenters. The first-order chi connectivity index (χ1) is 8.65. The third-order valence-corrected chi connectivity index (χ3v) is 3.52. The lowest BCUT2D eigenvalue weighted by Gasteiger charge is -2.27. The molecule has 0 amide bonds. The number of hydrogen-bond donors (Lipinski definition) is 0. The number of aldehydes is 1. The Morgan fingerprint density at radius 1 is 1.33 bits per heavy atom. The van der Waals surface area contributed by atoms with Crippen molar-refractivity contribution in [3.63, 3.8) is 0 Å². The highest BCUT2D eigenvalue weighted by atomic mass is 16.1. The van der Waals surface area contributed by atoms with E-state index < -0.39 is 0 Å². The largest absolute Gasteiger partial charge is 0.356 e. The van der Waals surface area contributed by atoms with Gasteiger partial charge in [-0.1, -0.05) is 26.7 Å². The van der Waals surface area contributed by atoms with Crippen molar-refractivity contribution in [3.05, 3.63) is 23.4 Å². The monoisotopic (exact) mass is 248 g/mol. The Morgan fingerprint density at radius 3 is 2.44 bits per heavy atom. The van der Waals surface area contributed by atoms with Gasteiger partial charge in [0.25, 0.3) is 0 Å². The topological polar surface area (TPSA) is 33.2 Å². The molecule has 1 aromatic rings. The van der Waals surface area contributed by atoms with Gasteiger partial charge in [-0.05, 0) is 31.4 Å². The minimum absolute atomic E-state index is 0.648. The summed E-state index contributed by atoms with van der Waals surface area (Å²) in [5, 5.41) is 0. The van der Waals surface area contributed by atoms with Gasteiger partial charge in [0.1, 0.15) is 5.82 Å². The quantitative estimate of drug-likeness (QED) is 0.693. The second-order valence-corrected chi connectivity index (χ2v) is 4.75. The smallest absolute Gasteiger partial charge is 0.151 e. The average Bonchev–Trinajstić information content (AvgIpc) is 2.41. The lowest BCUT2D eigenvalue weighted by molar-refractivity contribution is 0.112. The zero-order chi connectivity index (χ0) is 13.5. The Hall–Kier alpha value is -1.38. The molecular weight excluding hydrogens is 224 g/mol. The summed E-state index contributed by atoms with van der Waals surface area (Å²) in [6, 6.07) is 1.91. The Bertz CT molecular complexity index is 386. The SMILES string of the molecule is CCC(CC)CN(CC)c1ncc(C=O)cc1C. The van der Waals surface area contributed by atoms with Crippen LogP contribution in [-0.2, 0) is 0 Å². The first-order valence-corrected chi connectivity index (χ1v) is 6.82. The third-order valence-electron chi connectivity index (χ3n) is 3.52. The minimum atomic E-state index is 0.648. The number of carbonyl (C=O) groups excluding carboxylic acids is 1. The highest BCUT2D eigenvalue weighted by Gasteiger charge is 2.13. The second kappa shape index (κ2) is 7.14. The van der Waals surface area contributed by atoms with E-state index in [-0.39, 0.29) is 0 Å². The maximum Gasteiger partial charge on any atom is 0.151 e. The average molecular weight is 248 g/mol. The molecular formula is C15H24N2O. The molecule has 0 unspecified atom stereocenters. The molecule has 1 rings (SSSR count). The van der Waals surface area contributed by atoms with Crippen LogP contribution in [0.5, 0.6) is 0 Å². The lowest BCUT2D eigenvalue weighted by atomic mass is 10.0. The maximum atomic E-state index is 10.7. The Balaban J connectivity index is 2.91. The first kappa shape index (κ1) is 14.7. The molecule has 0 saturated heterocycles. The molecule has 1 aromatic heterocycles. The van der Waals surface area contributed by atoms with Crippen LogP contribution in [0.3, 0.4) is 0 Å². The van der Waals surface area contributed by atoms with Crippen LogP contribution in [0.15, 0.2) is 12.3 Å². The minimum Gasteiger partial charge on any atom is -0.356 e. The fourth-order valence-electron chi connectivity index (χ4n) is 2.21. The van der Waals surface area contributed by atoms with E-state index in [0.29, 0.717) is 11.5 Å². The number of pyridine rings is 1. The van der Waals surface area contributed by atoms with Gasteiger partial charge in [-0.15, -0.1) is 0 Å². The molecule has 0 aliphatic heterocycles. The highest BCUT2D eigenvalue weighted by Crippen LogP contribution is 2.20. The third kappa shape index (κ3) is 3.56. The maximum absolute atomic E-state index is 10.7. The molecule has 0 N–H and O–H groups in total. The van der Waals surface area contributed by atoms with E-state index in [4.69, 9.17) is 0 Å². The van der Waals surface area contributed by atoms with Crippen molar-refractivity contribution in [1.82, 2.24) is 4.98 Å². The summed E-state index contributed by atoms with van der Waals surface area (Å²) in [6.45, 7) is 10.6. The zero-order valence-electron chi connectivity index (χ0n) is 11.9. The fraction of sp³-hybridized carbons (Fsp3) is 0.600. The summed E-state index contributed by atoms with van der Waals surface area (Å²) in [5.74, 6) is 1.71. The predicted octanol–water partition coefficient (Wildman–Crippen LogP) is 3.47. The lowest BCUT2D eigenvalue weighted by Crippen LogP contribution is -2.30. The number of carbonyl (C=O) groups is 1. The standard InChI is InChI=1S/C15H24N2O/c1-5-13(6-2)10-17(7-3)15-12(4)8-14(11-18)9-16-15/h8-9,11,13H,5-7,10H2,1-4H3. The number of anilines is 1. The van der Waals surface area contributed by atoms with Crippen LogP contribution in [0.25, 0.3) is 0 Å². The van der Waals surface area contributed by atoms with Gasteiger partial charge in [-0.25, -0.2) is 4.98 Å². The molecule has 0 bridgehead atoms. The van der Waals surface area contributed by atoms with Gasteiger partial charge in [0.05, 0.1) is 0 Å². The van der Waals surface area contributed by atoms with Crippen molar-refractivity contribution < 1.29 is 4.79 Å². The predicted molar refractivity (Wildman–Crippen MR) is 76.3 cm³/mol. The van der Waals surface area contributed by atoms with E-state index in [9.17, 15) is 4.79 Å². The van der Waals surface area contributed by atoms with Crippen molar-refractivity contribution in [2.75, 3.05) is 18.0 Å². The van der Waals surface area contributed by atoms with E-state index in [1.165, 1.54) is 12.8 Å². The summed E-state index contributed by atoms with van der Waals surface area (Å²) in [7, 11) is 0. The van der Waals surface area contributed by atoms with E-state index >= 15 is 0 Å². The van der Waals surface area contributed by atoms with Gasteiger partial charge in [0.15, 0.2) is 6.29 Å². The van der Waals surface area contributed by atoms with Crippen LogP contribution in [0.2, 0.25) is 0 Å². The van der Waals surface area contributed by atoms with Gasteiger partial charge in [0, 0.05) is 24.8 Å². The first-order valence-electron chi connectivity index (χ1n) is 6.82. The van der Waals surface area contributed by atoms with Gasteiger partial charge in [-0.3, -0.25) is 4.79 Å². The van der Waals surface area contributed by atoms with Crippen molar-refractivity contribution in [3.8, 4) is 0 Å². The van der Waals surface area contributed by atoms with Crippen LogP contribution in [0.1, 0.15) is 49.5 Å². The summed E-state index contributed by atoms with van der Waals surface area (Å²) in [4.78, 5) is 17.5. The number of rotatable bonds is 7. The molecule has 0 aliphatic rings. The number of nitrogens with zero attached hydrogens (tertiary/aromatic N) is 2. The number of aryl methyl sites for hydroxylation is 1. The van der Waals surface area contributed by atoms with Crippen molar-refractivity contribution in [2.45, 2.75) is 40.5 Å². The summed E-state index contributed by atoms with van der Waals surface area (Å²) >= 11 is 0.